The Bertz CT molecular complexity index is 1180. The fourth-order valence-electron chi connectivity index (χ4n) is 2.93. The first kappa shape index (κ1) is 22.3. The van der Waals surface area contributed by atoms with E-state index in [0.29, 0.717) is 28.4 Å². The summed E-state index contributed by atoms with van der Waals surface area (Å²) in [5.41, 5.74) is 1.48. The van der Waals surface area contributed by atoms with Crippen LogP contribution in [-0.4, -0.2) is 44.8 Å². The number of carbonyl (C=O) groups is 1. The van der Waals surface area contributed by atoms with Crippen molar-refractivity contribution in [2.75, 3.05) is 26.5 Å². The van der Waals surface area contributed by atoms with Gasteiger partial charge in [-0.2, -0.15) is 0 Å². The van der Waals surface area contributed by atoms with Gasteiger partial charge in [0.1, 0.15) is 11.6 Å². The molecule has 0 saturated carbocycles. The first-order valence-electron chi connectivity index (χ1n) is 9.48. The Labute approximate surface area is 181 Å². The molecule has 2 aromatic carbocycles. The number of sulfonamides is 1. The monoisotopic (exact) mass is 440 g/mol. The van der Waals surface area contributed by atoms with Gasteiger partial charge in [-0.05, 0) is 35.9 Å². The Morgan fingerprint density at radius 1 is 1.03 bits per heavy atom. The standard InChI is InChI=1S/C22H24N4O4S/c1-26(2)31(28,29)20-13-7-4-9-16(20)15-24-22(27)17-10-8-14-23-21(17)25-18-11-5-6-12-19(18)30-3/h4-14H,15H2,1-3H3,(H,23,25)(H,24,27). The van der Waals surface area contributed by atoms with E-state index in [1.807, 2.05) is 18.2 Å². The molecule has 1 amide bonds. The van der Waals surface area contributed by atoms with Crippen LogP contribution in [0.15, 0.2) is 71.8 Å². The van der Waals surface area contributed by atoms with Crippen LogP contribution in [0.3, 0.4) is 0 Å². The second kappa shape index (κ2) is 9.59. The van der Waals surface area contributed by atoms with E-state index in [1.165, 1.54) is 20.2 Å². The van der Waals surface area contributed by atoms with Crippen molar-refractivity contribution in [1.29, 1.82) is 0 Å². The van der Waals surface area contributed by atoms with E-state index in [1.54, 1.807) is 49.7 Å². The quantitative estimate of drug-likeness (QED) is 0.559. The maximum Gasteiger partial charge on any atom is 0.255 e. The molecule has 0 radical (unpaired) electrons. The first-order valence-corrected chi connectivity index (χ1v) is 10.9. The summed E-state index contributed by atoms with van der Waals surface area (Å²) in [6.07, 6.45) is 1.58. The van der Waals surface area contributed by atoms with Crippen LogP contribution in [0.4, 0.5) is 11.5 Å². The molecule has 162 valence electrons. The summed E-state index contributed by atoms with van der Waals surface area (Å²) in [5.74, 6) is 0.587. The molecule has 3 aromatic rings. The lowest BCUT2D eigenvalue weighted by molar-refractivity contribution is 0.0951. The van der Waals surface area contributed by atoms with Gasteiger partial charge in [0.15, 0.2) is 0 Å². The van der Waals surface area contributed by atoms with Crippen LogP contribution in [0.1, 0.15) is 15.9 Å². The number of rotatable bonds is 8. The van der Waals surface area contributed by atoms with Gasteiger partial charge in [-0.1, -0.05) is 30.3 Å². The van der Waals surface area contributed by atoms with Crippen molar-refractivity contribution < 1.29 is 17.9 Å². The summed E-state index contributed by atoms with van der Waals surface area (Å²) in [4.78, 5) is 17.3. The van der Waals surface area contributed by atoms with Crippen LogP contribution >= 0.6 is 0 Å². The van der Waals surface area contributed by atoms with Crippen LogP contribution in [0.25, 0.3) is 0 Å². The average molecular weight is 441 g/mol. The summed E-state index contributed by atoms with van der Waals surface area (Å²) >= 11 is 0. The largest absolute Gasteiger partial charge is 0.495 e. The molecule has 1 heterocycles. The van der Waals surface area contributed by atoms with Crippen molar-refractivity contribution in [2.24, 2.45) is 0 Å². The number of benzene rings is 2. The summed E-state index contributed by atoms with van der Waals surface area (Å²) < 4.78 is 31.6. The molecule has 31 heavy (non-hydrogen) atoms. The Morgan fingerprint density at radius 3 is 2.48 bits per heavy atom. The van der Waals surface area contributed by atoms with Gasteiger partial charge < -0.3 is 15.4 Å². The van der Waals surface area contributed by atoms with E-state index >= 15 is 0 Å². The third kappa shape index (κ3) is 5.01. The highest BCUT2D eigenvalue weighted by molar-refractivity contribution is 7.89. The van der Waals surface area contributed by atoms with E-state index in [-0.39, 0.29) is 17.3 Å². The lowest BCUT2D eigenvalue weighted by Gasteiger charge is -2.16. The molecule has 8 nitrogen and oxygen atoms in total. The van der Waals surface area contributed by atoms with Crippen LogP contribution in [-0.2, 0) is 16.6 Å². The zero-order chi connectivity index (χ0) is 22.4. The number of carbonyl (C=O) groups excluding carboxylic acids is 1. The molecule has 0 fully saturated rings. The normalized spacial score (nSPS) is 11.2. The van der Waals surface area contributed by atoms with Gasteiger partial charge in [0.2, 0.25) is 10.0 Å². The Hall–Kier alpha value is -3.43. The van der Waals surface area contributed by atoms with E-state index < -0.39 is 10.0 Å². The van der Waals surface area contributed by atoms with Crippen LogP contribution in [0, 0.1) is 0 Å². The van der Waals surface area contributed by atoms with Crippen LogP contribution in [0.2, 0.25) is 0 Å². The Kier molecular flexibility index (Phi) is 6.88. The van der Waals surface area contributed by atoms with Crippen LogP contribution in [0.5, 0.6) is 5.75 Å². The SMILES string of the molecule is COc1ccccc1Nc1ncccc1C(=O)NCc1ccccc1S(=O)(=O)N(C)C. The minimum atomic E-state index is -3.63. The number of ether oxygens (including phenoxy) is 1. The molecule has 1 aromatic heterocycles. The minimum Gasteiger partial charge on any atom is -0.495 e. The molecule has 0 aliphatic rings. The number of hydrogen-bond donors (Lipinski definition) is 2. The summed E-state index contributed by atoms with van der Waals surface area (Å²) in [7, 11) is 0.865. The second-order valence-electron chi connectivity index (χ2n) is 6.80. The number of methoxy groups -OCH3 is 1. The highest BCUT2D eigenvalue weighted by atomic mass is 32.2. The lowest BCUT2D eigenvalue weighted by atomic mass is 10.2. The highest BCUT2D eigenvalue weighted by Gasteiger charge is 2.21. The zero-order valence-electron chi connectivity index (χ0n) is 17.5. The number of nitrogens with one attached hydrogen (secondary N) is 2. The van der Waals surface area contributed by atoms with Crippen LogP contribution < -0.4 is 15.4 Å². The molecule has 9 heteroatoms. The maximum absolute atomic E-state index is 12.9. The summed E-state index contributed by atoms with van der Waals surface area (Å²) in [6, 6.07) is 17.2. The van der Waals surface area contributed by atoms with Crippen molar-refractivity contribution in [1.82, 2.24) is 14.6 Å². The van der Waals surface area contributed by atoms with Gasteiger partial charge >= 0.3 is 0 Å². The van der Waals surface area contributed by atoms with Gasteiger partial charge in [-0.25, -0.2) is 17.7 Å². The predicted molar refractivity (Wildman–Crippen MR) is 119 cm³/mol. The molecule has 0 bridgehead atoms. The number of hydrogen-bond acceptors (Lipinski definition) is 6. The van der Waals surface area contributed by atoms with Crippen molar-refractivity contribution in [2.45, 2.75) is 11.4 Å². The van der Waals surface area contributed by atoms with E-state index in [2.05, 4.69) is 15.6 Å². The van der Waals surface area contributed by atoms with E-state index in [9.17, 15) is 13.2 Å². The third-order valence-electron chi connectivity index (χ3n) is 4.58. The average Bonchev–Trinajstić information content (AvgIpc) is 2.78. The van der Waals surface area contributed by atoms with Gasteiger partial charge in [0, 0.05) is 26.8 Å². The van der Waals surface area contributed by atoms with Crippen molar-refractivity contribution in [3.63, 3.8) is 0 Å². The predicted octanol–water partition coefficient (Wildman–Crippen LogP) is 3.01. The summed E-state index contributed by atoms with van der Waals surface area (Å²) in [5, 5.41) is 5.91. The third-order valence-corrected chi connectivity index (χ3v) is 6.50. The molecule has 0 unspecified atom stereocenters. The number of pyridine rings is 1. The molecular weight excluding hydrogens is 416 g/mol. The number of aromatic nitrogens is 1. The summed E-state index contributed by atoms with van der Waals surface area (Å²) in [6.45, 7) is 0.0467. The molecule has 0 atom stereocenters. The smallest absolute Gasteiger partial charge is 0.255 e. The number of para-hydroxylation sites is 2. The fraction of sp³-hybridized carbons (Fsp3) is 0.182. The maximum atomic E-state index is 12.9. The molecule has 0 spiro atoms. The van der Waals surface area contributed by atoms with Gasteiger partial charge in [0.25, 0.3) is 5.91 Å². The fourth-order valence-corrected chi connectivity index (χ4v) is 4.05. The van der Waals surface area contributed by atoms with Gasteiger partial charge in [-0.15, -0.1) is 0 Å². The van der Waals surface area contributed by atoms with Crippen molar-refractivity contribution in [3.05, 3.63) is 78.0 Å². The molecular formula is C22H24N4O4S. The van der Waals surface area contributed by atoms with Gasteiger partial charge in [0.05, 0.1) is 23.3 Å². The number of nitrogens with zero attached hydrogens (tertiary/aromatic N) is 2. The number of anilines is 2. The molecule has 2 N–H and O–H groups in total. The van der Waals surface area contributed by atoms with Crippen molar-refractivity contribution >= 4 is 27.4 Å². The van der Waals surface area contributed by atoms with Gasteiger partial charge in [-0.3, -0.25) is 4.79 Å². The van der Waals surface area contributed by atoms with E-state index in [4.69, 9.17) is 4.74 Å². The zero-order valence-corrected chi connectivity index (χ0v) is 18.3. The molecule has 0 aliphatic heterocycles. The topological polar surface area (TPSA) is 101 Å². The Balaban J connectivity index is 1.82. The van der Waals surface area contributed by atoms with E-state index in [0.717, 1.165) is 4.31 Å². The lowest BCUT2D eigenvalue weighted by Crippen LogP contribution is -2.27. The first-order chi connectivity index (χ1) is 14.8. The molecule has 0 aliphatic carbocycles. The molecule has 3 rings (SSSR count). The highest BCUT2D eigenvalue weighted by Crippen LogP contribution is 2.27. The Morgan fingerprint density at radius 2 is 1.74 bits per heavy atom. The number of amides is 1. The second-order valence-corrected chi connectivity index (χ2v) is 8.92. The van der Waals surface area contributed by atoms with Crippen molar-refractivity contribution in [3.8, 4) is 5.75 Å². The minimum absolute atomic E-state index is 0.0467. The molecule has 0 saturated heterocycles.